The van der Waals surface area contributed by atoms with E-state index in [0.29, 0.717) is 10.8 Å². The molecule has 0 saturated heterocycles. The number of amides is 1. The zero-order valence-electron chi connectivity index (χ0n) is 18.3. The molecule has 31 heavy (non-hydrogen) atoms. The Morgan fingerprint density at radius 2 is 1.61 bits per heavy atom. The lowest BCUT2D eigenvalue weighted by Gasteiger charge is -2.15. The number of anilines is 1. The highest BCUT2D eigenvalue weighted by atomic mass is 16.5. The van der Waals surface area contributed by atoms with Crippen molar-refractivity contribution in [1.82, 2.24) is 9.78 Å². The summed E-state index contributed by atoms with van der Waals surface area (Å²) < 4.78 is 6.52. The smallest absolute Gasteiger partial charge is 0.359 e. The molecule has 0 unspecified atom stereocenters. The van der Waals surface area contributed by atoms with E-state index in [9.17, 15) is 14.4 Å². The Bertz CT molecular complexity index is 1160. The van der Waals surface area contributed by atoms with Gasteiger partial charge in [-0.2, -0.15) is 5.10 Å². The molecular formula is C24H27N3O4. The van der Waals surface area contributed by atoms with Gasteiger partial charge in [-0.05, 0) is 43.9 Å². The van der Waals surface area contributed by atoms with Crippen molar-refractivity contribution in [1.29, 1.82) is 0 Å². The molecule has 0 radical (unpaired) electrons. The number of carbonyl (C=O) groups is 2. The molecule has 0 saturated carbocycles. The lowest BCUT2D eigenvalue weighted by atomic mass is 10.0. The predicted molar refractivity (Wildman–Crippen MR) is 120 cm³/mol. The third kappa shape index (κ3) is 4.66. The lowest BCUT2D eigenvalue weighted by Crippen LogP contribution is -2.29. The van der Waals surface area contributed by atoms with Crippen molar-refractivity contribution in [3.8, 4) is 0 Å². The molecule has 3 rings (SSSR count). The topological polar surface area (TPSA) is 90.3 Å². The number of nitrogens with one attached hydrogen (secondary N) is 1. The minimum atomic E-state index is -0.750. The highest BCUT2D eigenvalue weighted by molar-refractivity contribution is 6.03. The Hall–Kier alpha value is -3.48. The largest absolute Gasteiger partial charge is 0.451 e. The predicted octanol–water partition coefficient (Wildman–Crippen LogP) is 3.90. The van der Waals surface area contributed by atoms with Gasteiger partial charge in [0, 0.05) is 11.1 Å². The van der Waals surface area contributed by atoms with Gasteiger partial charge < -0.3 is 10.1 Å². The average Bonchev–Trinajstić information content (AvgIpc) is 2.77. The Morgan fingerprint density at radius 1 is 1.00 bits per heavy atom. The van der Waals surface area contributed by atoms with Crippen LogP contribution in [0.2, 0.25) is 0 Å². The Morgan fingerprint density at radius 3 is 2.19 bits per heavy atom. The number of carbonyl (C=O) groups excluding carboxylic acids is 2. The molecule has 0 bridgehead atoms. The number of rotatable bonds is 7. The fourth-order valence-electron chi connectivity index (χ4n) is 3.49. The van der Waals surface area contributed by atoms with Crippen LogP contribution < -0.4 is 10.9 Å². The first-order valence-electron chi connectivity index (χ1n) is 10.5. The van der Waals surface area contributed by atoms with Crippen LogP contribution in [0, 0.1) is 0 Å². The number of hydrogen-bond donors (Lipinski definition) is 1. The summed E-state index contributed by atoms with van der Waals surface area (Å²) in [5.41, 5.74) is 2.56. The number of aryl methyl sites for hydroxylation is 2. The molecule has 0 aliphatic carbocycles. The van der Waals surface area contributed by atoms with E-state index in [-0.39, 0.29) is 17.3 Å². The summed E-state index contributed by atoms with van der Waals surface area (Å²) in [6.07, 6.45) is 1.55. The number of nitrogens with zero attached hydrogens (tertiary/aromatic N) is 2. The summed E-state index contributed by atoms with van der Waals surface area (Å²) >= 11 is 0. The first-order valence-corrected chi connectivity index (χ1v) is 10.5. The number of benzene rings is 2. The van der Waals surface area contributed by atoms with E-state index in [2.05, 4.69) is 10.4 Å². The van der Waals surface area contributed by atoms with Gasteiger partial charge in [0.25, 0.3) is 11.5 Å². The van der Waals surface area contributed by atoms with E-state index in [1.165, 1.54) is 4.68 Å². The fraction of sp³-hybridized carbons (Fsp3) is 0.333. The second-order valence-electron chi connectivity index (χ2n) is 7.52. The molecule has 3 aromatic rings. The molecule has 162 valence electrons. The number of hydrogen-bond acceptors (Lipinski definition) is 5. The molecule has 0 spiro atoms. The molecule has 0 aliphatic heterocycles. The molecule has 7 heteroatoms. The molecule has 1 heterocycles. The molecule has 0 atom stereocenters. The summed E-state index contributed by atoms with van der Waals surface area (Å²) in [7, 11) is 0. The number of aromatic nitrogens is 2. The number of fused-ring (bicyclic) bond motifs is 1. The van der Waals surface area contributed by atoms with Gasteiger partial charge in [0.15, 0.2) is 12.3 Å². The Balaban J connectivity index is 1.82. The van der Waals surface area contributed by atoms with Crippen molar-refractivity contribution >= 4 is 28.3 Å². The van der Waals surface area contributed by atoms with E-state index in [1.54, 1.807) is 24.3 Å². The third-order valence-electron chi connectivity index (χ3n) is 5.11. The van der Waals surface area contributed by atoms with Gasteiger partial charge in [-0.1, -0.05) is 50.2 Å². The highest BCUT2D eigenvalue weighted by Crippen LogP contribution is 2.22. The maximum atomic E-state index is 12.8. The first-order chi connectivity index (χ1) is 14.9. The minimum Gasteiger partial charge on any atom is -0.451 e. The maximum absolute atomic E-state index is 12.8. The maximum Gasteiger partial charge on any atom is 0.359 e. The normalized spacial score (nSPS) is 11.0. The van der Waals surface area contributed by atoms with Gasteiger partial charge in [0.1, 0.15) is 0 Å². The van der Waals surface area contributed by atoms with Crippen molar-refractivity contribution in [3.63, 3.8) is 0 Å². The van der Waals surface area contributed by atoms with Crippen LogP contribution in [-0.4, -0.2) is 28.3 Å². The average molecular weight is 421 g/mol. The van der Waals surface area contributed by atoms with E-state index >= 15 is 0 Å². The highest BCUT2D eigenvalue weighted by Gasteiger charge is 2.20. The van der Waals surface area contributed by atoms with Crippen LogP contribution >= 0.6 is 0 Å². The second kappa shape index (κ2) is 9.55. The zero-order valence-corrected chi connectivity index (χ0v) is 18.3. The quantitative estimate of drug-likeness (QED) is 0.585. The van der Waals surface area contributed by atoms with Crippen LogP contribution in [0.1, 0.15) is 55.4 Å². The zero-order chi connectivity index (χ0) is 22.5. The SMILES string of the molecule is CCc1cccc(CC)c1NC(=O)COC(=O)c1nn(C(C)C)c(=O)c2ccccc12. The van der Waals surface area contributed by atoms with Crippen molar-refractivity contribution < 1.29 is 14.3 Å². The molecule has 2 aromatic carbocycles. The van der Waals surface area contributed by atoms with E-state index in [4.69, 9.17) is 4.74 Å². The van der Waals surface area contributed by atoms with E-state index in [0.717, 1.165) is 29.7 Å². The Labute approximate surface area is 181 Å². The van der Waals surface area contributed by atoms with Crippen molar-refractivity contribution in [2.45, 2.75) is 46.6 Å². The first kappa shape index (κ1) is 22.2. The van der Waals surface area contributed by atoms with Crippen LogP contribution in [0.5, 0.6) is 0 Å². The number of para-hydroxylation sites is 1. The van der Waals surface area contributed by atoms with Crippen LogP contribution in [0.25, 0.3) is 10.8 Å². The lowest BCUT2D eigenvalue weighted by molar-refractivity contribution is -0.119. The summed E-state index contributed by atoms with van der Waals surface area (Å²) in [6.45, 7) is 7.21. The summed E-state index contributed by atoms with van der Waals surface area (Å²) in [5.74, 6) is -1.18. The van der Waals surface area contributed by atoms with Crippen LogP contribution in [0.4, 0.5) is 5.69 Å². The van der Waals surface area contributed by atoms with Crippen molar-refractivity contribution in [2.24, 2.45) is 0 Å². The summed E-state index contributed by atoms with van der Waals surface area (Å²) in [4.78, 5) is 37.9. The fourth-order valence-corrected chi connectivity index (χ4v) is 3.49. The minimum absolute atomic E-state index is 0.0138. The van der Waals surface area contributed by atoms with Crippen LogP contribution in [-0.2, 0) is 22.4 Å². The van der Waals surface area contributed by atoms with Gasteiger partial charge >= 0.3 is 5.97 Å². The van der Waals surface area contributed by atoms with Crippen molar-refractivity contribution in [2.75, 3.05) is 11.9 Å². The molecule has 1 amide bonds. The van der Waals surface area contributed by atoms with Gasteiger partial charge in [0.2, 0.25) is 0 Å². The van der Waals surface area contributed by atoms with Crippen LogP contribution in [0.3, 0.4) is 0 Å². The second-order valence-corrected chi connectivity index (χ2v) is 7.52. The summed E-state index contributed by atoms with van der Waals surface area (Å²) in [6, 6.07) is 12.4. The molecular weight excluding hydrogens is 394 g/mol. The monoisotopic (exact) mass is 421 g/mol. The van der Waals surface area contributed by atoms with Gasteiger partial charge in [-0.25, -0.2) is 9.48 Å². The van der Waals surface area contributed by atoms with Gasteiger partial charge in [0.05, 0.1) is 11.4 Å². The van der Waals surface area contributed by atoms with E-state index in [1.807, 2.05) is 45.9 Å². The number of esters is 1. The molecule has 0 aliphatic rings. The molecule has 7 nitrogen and oxygen atoms in total. The standard InChI is InChI=1S/C24H27N3O4/c1-5-16-10-9-11-17(6-2)21(16)25-20(28)14-31-24(30)22-18-12-7-8-13-19(18)23(29)27(26-22)15(3)4/h7-13,15H,5-6,14H2,1-4H3,(H,25,28). The third-order valence-corrected chi connectivity index (χ3v) is 5.11. The van der Waals surface area contributed by atoms with Gasteiger partial charge in [-0.3, -0.25) is 9.59 Å². The Kier molecular flexibility index (Phi) is 6.84. The molecule has 1 N–H and O–H groups in total. The number of ether oxygens (including phenoxy) is 1. The molecule has 1 aromatic heterocycles. The van der Waals surface area contributed by atoms with Crippen molar-refractivity contribution in [3.05, 3.63) is 69.6 Å². The molecule has 0 fully saturated rings. The van der Waals surface area contributed by atoms with Gasteiger partial charge in [-0.15, -0.1) is 0 Å². The summed E-state index contributed by atoms with van der Waals surface area (Å²) in [5, 5.41) is 7.87. The van der Waals surface area contributed by atoms with Crippen LogP contribution in [0.15, 0.2) is 47.3 Å². The van der Waals surface area contributed by atoms with E-state index < -0.39 is 18.5 Å².